The second-order valence-corrected chi connectivity index (χ2v) is 8.19. The number of aromatic nitrogens is 2. The van der Waals surface area contributed by atoms with E-state index in [1.807, 2.05) is 24.3 Å². The van der Waals surface area contributed by atoms with Gasteiger partial charge in [-0.3, -0.25) is 4.79 Å². The maximum Gasteiger partial charge on any atom is 0.248 e. The molecule has 33 heavy (non-hydrogen) atoms. The van der Waals surface area contributed by atoms with Crippen LogP contribution in [0.5, 0.6) is 0 Å². The monoisotopic (exact) mass is 445 g/mol. The van der Waals surface area contributed by atoms with Crippen molar-refractivity contribution in [3.63, 3.8) is 0 Å². The number of aliphatic hydroxyl groups excluding tert-OH is 3. The molecule has 0 aliphatic carbocycles. The number of carbonyl (C=O) groups is 1. The van der Waals surface area contributed by atoms with Crippen molar-refractivity contribution in [3.05, 3.63) is 77.9 Å². The van der Waals surface area contributed by atoms with Crippen LogP contribution in [0.1, 0.15) is 41.9 Å². The summed E-state index contributed by atoms with van der Waals surface area (Å²) in [5.74, 6) is 6.72. The quantitative estimate of drug-likeness (QED) is 0.505. The molecule has 2 atom stereocenters. The molecular weight excluding hydrogens is 418 g/mol. The number of aliphatic hydroxyl groups is 3. The molecule has 1 amide bonds. The SMILES string of the molecule is C[C@H](O)c1nccn1[C@@H](C#Cc1ccc(-c2ccc(C3CN(C(=O)CO)C3)cc2)cc1)CO. The van der Waals surface area contributed by atoms with Crippen LogP contribution in [-0.2, 0) is 4.79 Å². The molecule has 1 aliphatic rings. The van der Waals surface area contributed by atoms with Crippen LogP contribution in [0.2, 0.25) is 0 Å². The second kappa shape index (κ2) is 10.0. The molecular formula is C26H27N3O4. The third kappa shape index (κ3) is 4.99. The van der Waals surface area contributed by atoms with Gasteiger partial charge in [0.25, 0.3) is 0 Å². The highest BCUT2D eigenvalue weighted by atomic mass is 16.3. The normalized spacial score (nSPS) is 15.3. The molecule has 3 N–H and O–H groups in total. The zero-order valence-electron chi connectivity index (χ0n) is 18.4. The topological polar surface area (TPSA) is 98.8 Å². The molecule has 2 aromatic carbocycles. The molecule has 2 heterocycles. The Balaban J connectivity index is 1.42. The van der Waals surface area contributed by atoms with Crippen LogP contribution in [0.25, 0.3) is 11.1 Å². The van der Waals surface area contributed by atoms with Crippen LogP contribution in [0.15, 0.2) is 60.9 Å². The number of likely N-dealkylation sites (tertiary alicyclic amines) is 1. The first-order valence-electron chi connectivity index (χ1n) is 10.9. The number of carbonyl (C=O) groups excluding carboxylic acids is 1. The van der Waals surface area contributed by atoms with Crippen LogP contribution in [0, 0.1) is 11.8 Å². The van der Waals surface area contributed by atoms with Crippen molar-refractivity contribution in [2.45, 2.75) is 25.0 Å². The molecule has 1 fully saturated rings. The summed E-state index contributed by atoms with van der Waals surface area (Å²) in [6.45, 7) is 2.32. The maximum atomic E-state index is 11.5. The summed E-state index contributed by atoms with van der Waals surface area (Å²) < 4.78 is 1.69. The number of amides is 1. The van der Waals surface area contributed by atoms with Gasteiger partial charge < -0.3 is 24.8 Å². The fourth-order valence-corrected chi connectivity index (χ4v) is 3.97. The molecule has 3 aromatic rings. The molecule has 0 unspecified atom stereocenters. The van der Waals surface area contributed by atoms with Crippen molar-refractivity contribution in [1.29, 1.82) is 0 Å². The third-order valence-electron chi connectivity index (χ3n) is 5.93. The molecule has 1 saturated heterocycles. The van der Waals surface area contributed by atoms with E-state index in [1.165, 1.54) is 5.56 Å². The van der Waals surface area contributed by atoms with Gasteiger partial charge in [-0.2, -0.15) is 0 Å². The Morgan fingerprint density at radius 3 is 2.30 bits per heavy atom. The van der Waals surface area contributed by atoms with Crippen molar-refractivity contribution < 1.29 is 20.1 Å². The van der Waals surface area contributed by atoms with Crippen molar-refractivity contribution in [2.24, 2.45) is 0 Å². The Labute approximate surface area is 192 Å². The summed E-state index contributed by atoms with van der Waals surface area (Å²) in [5, 5.41) is 28.5. The fourth-order valence-electron chi connectivity index (χ4n) is 3.97. The Morgan fingerprint density at radius 1 is 1.09 bits per heavy atom. The lowest BCUT2D eigenvalue weighted by molar-refractivity contribution is -0.138. The van der Waals surface area contributed by atoms with Gasteiger partial charge in [-0.15, -0.1) is 0 Å². The average molecular weight is 446 g/mol. The van der Waals surface area contributed by atoms with Crippen LogP contribution < -0.4 is 0 Å². The third-order valence-corrected chi connectivity index (χ3v) is 5.93. The van der Waals surface area contributed by atoms with Gasteiger partial charge >= 0.3 is 0 Å². The standard InChI is InChI=1S/C26H27N3O4/c1-18(32)26-27-12-13-29(26)24(16-30)11-4-19-2-5-20(6-3-19)21-7-9-22(10-8-21)23-14-28(15-23)25(33)17-31/h2-3,5-10,12-13,18,23-24,30-32H,14-17H2,1H3/t18-,24-/m0/s1. The first kappa shape index (κ1) is 22.7. The lowest BCUT2D eigenvalue weighted by Gasteiger charge is -2.39. The van der Waals surface area contributed by atoms with E-state index in [0.29, 0.717) is 24.8 Å². The summed E-state index contributed by atoms with van der Waals surface area (Å²) >= 11 is 0. The minimum atomic E-state index is -0.743. The van der Waals surface area contributed by atoms with Gasteiger partial charge in [-0.1, -0.05) is 48.2 Å². The lowest BCUT2D eigenvalue weighted by atomic mass is 9.90. The van der Waals surface area contributed by atoms with Gasteiger partial charge in [0.1, 0.15) is 24.6 Å². The first-order chi connectivity index (χ1) is 16.0. The zero-order chi connectivity index (χ0) is 23.4. The number of hydrogen-bond donors (Lipinski definition) is 3. The summed E-state index contributed by atoms with van der Waals surface area (Å²) in [7, 11) is 0. The highest BCUT2D eigenvalue weighted by Gasteiger charge is 2.30. The van der Waals surface area contributed by atoms with Crippen molar-refractivity contribution in [1.82, 2.24) is 14.5 Å². The molecule has 0 spiro atoms. The minimum absolute atomic E-state index is 0.180. The minimum Gasteiger partial charge on any atom is -0.393 e. The number of imidazole rings is 1. The van der Waals surface area contributed by atoms with Gasteiger partial charge in [-0.25, -0.2) is 4.98 Å². The van der Waals surface area contributed by atoms with E-state index < -0.39 is 18.8 Å². The van der Waals surface area contributed by atoms with Crippen LogP contribution >= 0.6 is 0 Å². The summed E-state index contributed by atoms with van der Waals surface area (Å²) in [4.78, 5) is 17.3. The van der Waals surface area contributed by atoms with E-state index in [9.17, 15) is 15.0 Å². The summed E-state index contributed by atoms with van der Waals surface area (Å²) in [6, 6.07) is 15.7. The number of benzene rings is 2. The van der Waals surface area contributed by atoms with Gasteiger partial charge in [0, 0.05) is 37.0 Å². The van der Waals surface area contributed by atoms with Gasteiger partial charge in [-0.05, 0) is 35.7 Å². The van der Waals surface area contributed by atoms with Crippen molar-refractivity contribution in [3.8, 4) is 23.0 Å². The smallest absolute Gasteiger partial charge is 0.248 e. The molecule has 1 aliphatic heterocycles. The van der Waals surface area contributed by atoms with E-state index in [2.05, 4.69) is 41.1 Å². The van der Waals surface area contributed by atoms with Crippen LogP contribution in [0.3, 0.4) is 0 Å². The Hall–Kier alpha value is -3.44. The van der Waals surface area contributed by atoms with E-state index in [0.717, 1.165) is 16.7 Å². The number of rotatable bonds is 6. The number of nitrogens with zero attached hydrogens (tertiary/aromatic N) is 3. The highest BCUT2D eigenvalue weighted by Crippen LogP contribution is 2.29. The average Bonchev–Trinajstić information content (AvgIpc) is 3.29. The van der Waals surface area contributed by atoms with Crippen LogP contribution in [0.4, 0.5) is 0 Å². The highest BCUT2D eigenvalue weighted by molar-refractivity contribution is 5.78. The number of hydrogen-bond acceptors (Lipinski definition) is 5. The van der Waals surface area contributed by atoms with Gasteiger partial charge in [0.2, 0.25) is 5.91 Å². The second-order valence-electron chi connectivity index (χ2n) is 8.19. The molecule has 0 bridgehead atoms. The summed E-state index contributed by atoms with van der Waals surface area (Å²) in [5.41, 5.74) is 4.18. The maximum absolute atomic E-state index is 11.5. The first-order valence-corrected chi connectivity index (χ1v) is 10.9. The molecule has 0 radical (unpaired) electrons. The molecule has 170 valence electrons. The van der Waals surface area contributed by atoms with Crippen molar-refractivity contribution in [2.75, 3.05) is 26.3 Å². The predicted octanol–water partition coefficient (Wildman–Crippen LogP) is 2.11. The molecule has 7 heteroatoms. The van der Waals surface area contributed by atoms with Gasteiger partial charge in [0.15, 0.2) is 0 Å². The van der Waals surface area contributed by atoms with E-state index in [1.54, 1.807) is 28.8 Å². The fraction of sp³-hybridized carbons (Fsp3) is 0.308. The summed E-state index contributed by atoms with van der Waals surface area (Å²) in [6.07, 6.45) is 2.55. The molecule has 0 saturated carbocycles. The van der Waals surface area contributed by atoms with Crippen LogP contribution in [-0.4, -0.2) is 62.0 Å². The Morgan fingerprint density at radius 2 is 1.73 bits per heavy atom. The van der Waals surface area contributed by atoms with E-state index in [4.69, 9.17) is 5.11 Å². The molecule has 1 aromatic heterocycles. The van der Waals surface area contributed by atoms with E-state index in [-0.39, 0.29) is 12.5 Å². The van der Waals surface area contributed by atoms with Gasteiger partial charge in [0.05, 0.1) is 6.61 Å². The predicted molar refractivity (Wildman–Crippen MR) is 124 cm³/mol. The molecule has 4 rings (SSSR count). The Kier molecular flexibility index (Phi) is 6.90. The Bertz CT molecular complexity index is 1150. The largest absolute Gasteiger partial charge is 0.393 e. The molecule has 7 nitrogen and oxygen atoms in total. The van der Waals surface area contributed by atoms with E-state index >= 15 is 0 Å². The van der Waals surface area contributed by atoms with Crippen molar-refractivity contribution >= 4 is 5.91 Å². The lowest BCUT2D eigenvalue weighted by Crippen LogP contribution is -2.49. The zero-order valence-corrected chi connectivity index (χ0v) is 18.4.